The number of amides is 2. The Labute approximate surface area is 254 Å². The van der Waals surface area contributed by atoms with Gasteiger partial charge in [-0.1, -0.05) is 48.5 Å². The minimum absolute atomic E-state index is 0.123. The molecule has 0 aliphatic carbocycles. The molecule has 3 aromatic rings. The van der Waals surface area contributed by atoms with Crippen molar-refractivity contribution in [2.75, 3.05) is 24.2 Å². The van der Waals surface area contributed by atoms with Crippen LogP contribution in [0.15, 0.2) is 88.2 Å². The molecule has 1 fully saturated rings. The number of hydrogen-bond acceptors (Lipinski definition) is 8. The van der Waals surface area contributed by atoms with Crippen LogP contribution >= 0.6 is 0 Å². The summed E-state index contributed by atoms with van der Waals surface area (Å²) in [6.45, 7) is 2.05. The van der Waals surface area contributed by atoms with E-state index in [9.17, 15) is 24.0 Å². The maximum Gasteiger partial charge on any atom is 0.306 e. The number of nitrogens with one attached hydrogen (secondary N) is 3. The SMILES string of the molecule is CN[C@@H](C)C(=O)Nc1ccc(-c2ccccc2)n(CC2=CC(C(=O)c3cccc(NC(=O)C4CCC(=O)O4)c3)CN=C2)c1=O. The smallest absolute Gasteiger partial charge is 0.306 e. The molecular weight excluding hydrogens is 562 g/mol. The first-order valence-corrected chi connectivity index (χ1v) is 14.4. The fourth-order valence-corrected chi connectivity index (χ4v) is 5.03. The zero-order valence-electron chi connectivity index (χ0n) is 24.4. The van der Waals surface area contributed by atoms with Crippen molar-refractivity contribution in [1.29, 1.82) is 0 Å². The van der Waals surface area contributed by atoms with Gasteiger partial charge >= 0.3 is 5.97 Å². The molecule has 3 N–H and O–H groups in total. The summed E-state index contributed by atoms with van der Waals surface area (Å²) in [6.07, 6.45) is 3.12. The van der Waals surface area contributed by atoms with Crippen molar-refractivity contribution < 1.29 is 23.9 Å². The molecule has 0 bridgehead atoms. The highest BCUT2D eigenvalue weighted by Crippen LogP contribution is 2.24. The molecule has 0 radical (unpaired) electrons. The van der Waals surface area contributed by atoms with E-state index < -0.39 is 29.9 Å². The highest BCUT2D eigenvalue weighted by atomic mass is 16.6. The Bertz CT molecular complexity index is 1710. The number of aromatic nitrogens is 1. The van der Waals surface area contributed by atoms with Crippen LogP contribution < -0.4 is 21.5 Å². The lowest BCUT2D eigenvalue weighted by Crippen LogP contribution is -2.37. The zero-order valence-corrected chi connectivity index (χ0v) is 24.4. The second-order valence-corrected chi connectivity index (χ2v) is 10.7. The molecule has 0 saturated carbocycles. The Balaban J connectivity index is 1.39. The van der Waals surface area contributed by atoms with Crippen molar-refractivity contribution in [2.45, 2.75) is 38.5 Å². The summed E-state index contributed by atoms with van der Waals surface area (Å²) in [5.41, 5.74) is 2.68. The van der Waals surface area contributed by atoms with E-state index in [0.717, 1.165) is 5.56 Å². The van der Waals surface area contributed by atoms with Gasteiger partial charge in [-0.3, -0.25) is 29.0 Å². The number of esters is 1. The van der Waals surface area contributed by atoms with E-state index in [2.05, 4.69) is 20.9 Å². The number of benzene rings is 2. The van der Waals surface area contributed by atoms with Crippen LogP contribution in [-0.4, -0.2) is 60.1 Å². The van der Waals surface area contributed by atoms with E-state index in [4.69, 9.17) is 4.74 Å². The standard InChI is InChI=1S/C33H33N5O6/c1-20(34-2)31(41)37-26-11-12-27(22-7-4-3-5-8-22)38(33(26)43)19-21-15-24(18-35-17-21)30(40)23-9-6-10-25(16-23)36-32(42)28-13-14-29(39)44-28/h3-12,15-17,20,24,28,34H,13-14,18-19H2,1-2H3,(H,36,42)(H,37,41)/t20-,24?,28?/m0/s1. The number of pyridine rings is 1. The molecule has 5 rings (SSSR count). The Hall–Kier alpha value is -5.16. The van der Waals surface area contributed by atoms with E-state index in [1.165, 1.54) is 0 Å². The Kier molecular flexibility index (Phi) is 9.25. The molecule has 11 heteroatoms. The van der Waals surface area contributed by atoms with Gasteiger partial charge in [0.15, 0.2) is 11.9 Å². The predicted molar refractivity (Wildman–Crippen MR) is 167 cm³/mol. The first-order chi connectivity index (χ1) is 21.2. The summed E-state index contributed by atoms with van der Waals surface area (Å²) < 4.78 is 6.59. The molecule has 0 spiro atoms. The summed E-state index contributed by atoms with van der Waals surface area (Å²) in [5.74, 6) is -1.97. The van der Waals surface area contributed by atoms with Crippen molar-refractivity contribution in [3.63, 3.8) is 0 Å². The third-order valence-electron chi connectivity index (χ3n) is 7.57. The van der Waals surface area contributed by atoms with Crippen molar-refractivity contribution in [1.82, 2.24) is 9.88 Å². The van der Waals surface area contributed by atoms with Crippen molar-refractivity contribution in [2.24, 2.45) is 10.9 Å². The van der Waals surface area contributed by atoms with E-state index in [1.807, 2.05) is 30.3 Å². The molecule has 11 nitrogen and oxygen atoms in total. The van der Waals surface area contributed by atoms with Gasteiger partial charge in [-0.25, -0.2) is 0 Å². The molecule has 1 aromatic heterocycles. The first kappa shape index (κ1) is 30.3. The Morgan fingerprint density at radius 1 is 1.02 bits per heavy atom. The Morgan fingerprint density at radius 2 is 1.82 bits per heavy atom. The monoisotopic (exact) mass is 595 g/mol. The van der Waals surface area contributed by atoms with Crippen molar-refractivity contribution in [3.8, 4) is 11.3 Å². The van der Waals surface area contributed by atoms with E-state index >= 15 is 0 Å². The summed E-state index contributed by atoms with van der Waals surface area (Å²) in [5, 5.41) is 8.28. The molecule has 2 amide bonds. The van der Waals surface area contributed by atoms with E-state index in [-0.39, 0.29) is 42.4 Å². The molecule has 3 atom stereocenters. The lowest BCUT2D eigenvalue weighted by atomic mass is 9.93. The molecule has 3 heterocycles. The van der Waals surface area contributed by atoms with Crippen LogP contribution in [-0.2, 0) is 25.7 Å². The van der Waals surface area contributed by atoms with Crippen LogP contribution in [0.25, 0.3) is 11.3 Å². The largest absolute Gasteiger partial charge is 0.452 e. The van der Waals surface area contributed by atoms with Crippen LogP contribution in [0, 0.1) is 5.92 Å². The third-order valence-corrected chi connectivity index (χ3v) is 7.57. The molecule has 2 unspecified atom stereocenters. The molecule has 226 valence electrons. The van der Waals surface area contributed by atoms with Gasteiger partial charge < -0.3 is 25.3 Å². The van der Waals surface area contributed by atoms with Crippen LogP contribution in [0.1, 0.15) is 30.1 Å². The fourth-order valence-electron chi connectivity index (χ4n) is 5.03. The van der Waals surface area contributed by atoms with E-state index in [1.54, 1.807) is 67.2 Å². The number of carbonyl (C=O) groups excluding carboxylic acids is 4. The number of anilines is 2. The number of cyclic esters (lactones) is 1. The normalized spacial score (nSPS) is 18.2. The third kappa shape index (κ3) is 6.90. The van der Waals surface area contributed by atoms with Gasteiger partial charge in [0.2, 0.25) is 5.91 Å². The van der Waals surface area contributed by atoms with Gasteiger partial charge in [-0.15, -0.1) is 0 Å². The molecule has 44 heavy (non-hydrogen) atoms. The minimum Gasteiger partial charge on any atom is -0.452 e. The Morgan fingerprint density at radius 3 is 2.55 bits per heavy atom. The zero-order chi connectivity index (χ0) is 31.2. The van der Waals surface area contributed by atoms with Gasteiger partial charge in [0.25, 0.3) is 11.5 Å². The number of aliphatic imine (C=N–C) groups is 1. The second-order valence-electron chi connectivity index (χ2n) is 10.7. The van der Waals surface area contributed by atoms with Crippen LogP contribution in [0.5, 0.6) is 0 Å². The summed E-state index contributed by atoms with van der Waals surface area (Å²) in [7, 11) is 1.66. The number of carbonyl (C=O) groups is 4. The number of likely N-dealkylation sites (N-methyl/N-ethyl adjacent to an activating group) is 1. The van der Waals surface area contributed by atoms with Gasteiger partial charge in [0.1, 0.15) is 5.69 Å². The molecule has 1 saturated heterocycles. The summed E-state index contributed by atoms with van der Waals surface area (Å²) in [4.78, 5) is 68.0. The topological polar surface area (TPSA) is 148 Å². The maximum atomic E-state index is 13.7. The number of rotatable bonds is 10. The van der Waals surface area contributed by atoms with Crippen LogP contribution in [0.3, 0.4) is 0 Å². The van der Waals surface area contributed by atoms with Gasteiger partial charge in [0, 0.05) is 30.3 Å². The molecule has 2 aliphatic heterocycles. The summed E-state index contributed by atoms with van der Waals surface area (Å²) in [6, 6.07) is 18.9. The van der Waals surface area contributed by atoms with Gasteiger partial charge in [-0.2, -0.15) is 0 Å². The predicted octanol–water partition coefficient (Wildman–Crippen LogP) is 3.22. The van der Waals surface area contributed by atoms with Crippen LogP contribution in [0.2, 0.25) is 0 Å². The van der Waals surface area contributed by atoms with Crippen LogP contribution in [0.4, 0.5) is 11.4 Å². The highest BCUT2D eigenvalue weighted by Gasteiger charge is 2.30. The number of Topliss-reactive ketones (excluding diaryl/α,β-unsaturated/α-hetero) is 1. The molecular formula is C33H33N5O6. The number of dihydropyridines is 1. The first-order valence-electron chi connectivity index (χ1n) is 14.4. The number of nitrogens with zero attached hydrogens (tertiary/aromatic N) is 2. The number of ether oxygens (including phenoxy) is 1. The number of ketones is 1. The minimum atomic E-state index is -0.845. The van der Waals surface area contributed by atoms with E-state index in [0.29, 0.717) is 28.9 Å². The average Bonchev–Trinajstić information content (AvgIpc) is 3.49. The lowest BCUT2D eigenvalue weighted by Gasteiger charge is -2.20. The molecule has 2 aromatic carbocycles. The lowest BCUT2D eigenvalue weighted by molar-refractivity contribution is -0.146. The summed E-state index contributed by atoms with van der Waals surface area (Å²) >= 11 is 0. The quantitative estimate of drug-likeness (QED) is 0.241. The number of hydrogen-bond donors (Lipinski definition) is 3. The van der Waals surface area contributed by atoms with Crippen molar-refractivity contribution in [3.05, 3.63) is 94.3 Å². The fraction of sp³-hybridized carbons (Fsp3) is 0.273. The number of allylic oxidation sites excluding steroid dienone is 1. The highest BCUT2D eigenvalue weighted by molar-refractivity contribution is 6.02. The van der Waals surface area contributed by atoms with Gasteiger partial charge in [-0.05, 0) is 49.4 Å². The van der Waals surface area contributed by atoms with Crippen molar-refractivity contribution >= 4 is 41.2 Å². The second kappa shape index (κ2) is 13.4. The molecule has 2 aliphatic rings. The average molecular weight is 596 g/mol. The van der Waals surface area contributed by atoms with Gasteiger partial charge in [0.05, 0.1) is 30.7 Å². The maximum absolute atomic E-state index is 13.7.